The van der Waals surface area contributed by atoms with Crippen molar-refractivity contribution in [1.82, 2.24) is 0 Å². The molecule has 2 aromatic rings. The number of carbonyl (C=O) groups is 1. The van der Waals surface area contributed by atoms with Gasteiger partial charge in [0.1, 0.15) is 23.3 Å². The molecular formula is C18H14ClN5O2S. The molecule has 27 heavy (non-hydrogen) atoms. The first-order valence-electron chi connectivity index (χ1n) is 7.52. The van der Waals surface area contributed by atoms with Crippen LogP contribution in [0.3, 0.4) is 0 Å². The van der Waals surface area contributed by atoms with Crippen LogP contribution in [0.15, 0.2) is 40.1 Å². The van der Waals surface area contributed by atoms with E-state index in [0.29, 0.717) is 10.6 Å². The van der Waals surface area contributed by atoms with Gasteiger partial charge < -0.3 is 9.64 Å². The van der Waals surface area contributed by atoms with Crippen LogP contribution >= 0.6 is 22.9 Å². The van der Waals surface area contributed by atoms with E-state index in [1.54, 1.807) is 18.2 Å². The molecule has 2 rings (SSSR count). The third-order valence-electron chi connectivity index (χ3n) is 3.39. The Hall–Kier alpha value is -3.20. The van der Waals surface area contributed by atoms with E-state index < -0.39 is 5.97 Å². The monoisotopic (exact) mass is 399 g/mol. The zero-order valence-corrected chi connectivity index (χ0v) is 16.3. The summed E-state index contributed by atoms with van der Waals surface area (Å²) in [5, 5.41) is 27.0. The molecule has 1 aromatic heterocycles. The fourth-order valence-corrected chi connectivity index (χ4v) is 3.24. The molecule has 9 heteroatoms. The molecule has 0 atom stereocenters. The highest BCUT2D eigenvalue weighted by Gasteiger charge is 2.18. The second-order valence-corrected chi connectivity index (χ2v) is 6.75. The van der Waals surface area contributed by atoms with E-state index in [4.69, 9.17) is 16.9 Å². The van der Waals surface area contributed by atoms with E-state index in [1.807, 2.05) is 37.2 Å². The van der Waals surface area contributed by atoms with Crippen molar-refractivity contribution in [2.24, 2.45) is 10.2 Å². The Balaban J connectivity index is 2.38. The van der Waals surface area contributed by atoms with Crippen molar-refractivity contribution in [3.05, 3.63) is 45.3 Å². The number of esters is 1. The van der Waals surface area contributed by atoms with Gasteiger partial charge in [-0.25, -0.2) is 4.79 Å². The number of halogens is 1. The summed E-state index contributed by atoms with van der Waals surface area (Å²) < 4.78 is 4.53. The molecule has 1 aromatic carbocycles. The van der Waals surface area contributed by atoms with Crippen molar-refractivity contribution in [2.45, 2.75) is 0 Å². The minimum Gasteiger partial charge on any atom is -0.465 e. The van der Waals surface area contributed by atoms with Gasteiger partial charge in [0, 0.05) is 19.8 Å². The predicted octanol–water partition coefficient (Wildman–Crippen LogP) is 4.83. The van der Waals surface area contributed by atoms with E-state index in [1.165, 1.54) is 13.2 Å². The summed E-state index contributed by atoms with van der Waals surface area (Å²) >= 11 is 7.24. The summed E-state index contributed by atoms with van der Waals surface area (Å²) in [5.74, 6) is -0.787. The highest BCUT2D eigenvalue weighted by Crippen LogP contribution is 2.40. The average Bonchev–Trinajstić information content (AvgIpc) is 2.98. The number of azo groups is 1. The molecule has 0 saturated heterocycles. The zero-order valence-electron chi connectivity index (χ0n) is 14.7. The van der Waals surface area contributed by atoms with Crippen LogP contribution in [-0.4, -0.2) is 27.2 Å². The van der Waals surface area contributed by atoms with Crippen molar-refractivity contribution in [3.63, 3.8) is 0 Å². The summed E-state index contributed by atoms with van der Waals surface area (Å²) in [4.78, 5) is 13.9. The number of anilines is 1. The number of benzene rings is 1. The zero-order chi connectivity index (χ0) is 20.0. The third kappa shape index (κ3) is 4.70. The maximum absolute atomic E-state index is 11.5. The van der Waals surface area contributed by atoms with Gasteiger partial charge in [0.25, 0.3) is 0 Å². The van der Waals surface area contributed by atoms with E-state index in [-0.39, 0.29) is 21.2 Å². The number of rotatable bonds is 5. The van der Waals surface area contributed by atoms with Crippen LogP contribution in [-0.2, 0) is 9.53 Å². The first kappa shape index (κ1) is 20.1. The van der Waals surface area contributed by atoms with Crippen LogP contribution in [0.2, 0.25) is 5.02 Å². The van der Waals surface area contributed by atoms with Gasteiger partial charge in [0.05, 0.1) is 22.7 Å². The summed E-state index contributed by atoms with van der Waals surface area (Å²) in [5.41, 5.74) is 1.53. The standard InChI is InChI=1S/C18H14ClN5O2S/c1-24(2)13-6-4-12(5-7-13)22-23-17-14(10-21)16(19)15(27-17)8-11(9-20)18(25)26-3/h4-8H,1-3H3/b11-8+,23-22?. The molecule has 0 aliphatic carbocycles. The number of hydrogen-bond acceptors (Lipinski definition) is 8. The molecule has 0 amide bonds. The smallest absolute Gasteiger partial charge is 0.348 e. The van der Waals surface area contributed by atoms with E-state index >= 15 is 0 Å². The van der Waals surface area contributed by atoms with Gasteiger partial charge in [-0.15, -0.1) is 21.6 Å². The molecule has 0 N–H and O–H groups in total. The Bertz CT molecular complexity index is 994. The summed E-state index contributed by atoms with van der Waals surface area (Å²) in [6, 6.07) is 11.1. The largest absolute Gasteiger partial charge is 0.465 e. The Morgan fingerprint density at radius 1 is 1.26 bits per heavy atom. The third-order valence-corrected chi connectivity index (χ3v) is 4.92. The molecule has 0 radical (unpaired) electrons. The molecule has 0 saturated carbocycles. The lowest BCUT2D eigenvalue weighted by atomic mass is 10.2. The molecule has 0 aliphatic heterocycles. The van der Waals surface area contributed by atoms with Gasteiger partial charge in [0.2, 0.25) is 0 Å². The van der Waals surface area contributed by atoms with E-state index in [2.05, 4.69) is 15.0 Å². The fourth-order valence-electron chi connectivity index (χ4n) is 1.98. The molecular weight excluding hydrogens is 386 g/mol. The molecule has 0 bridgehead atoms. The summed E-state index contributed by atoms with van der Waals surface area (Å²) in [6.45, 7) is 0. The van der Waals surface area contributed by atoms with Crippen LogP contribution in [0, 0.1) is 22.7 Å². The topological polar surface area (TPSA) is 102 Å². The van der Waals surface area contributed by atoms with Crippen LogP contribution in [0.5, 0.6) is 0 Å². The minimum absolute atomic E-state index is 0.107. The lowest BCUT2D eigenvalue weighted by Gasteiger charge is -2.11. The van der Waals surface area contributed by atoms with Gasteiger partial charge in [0.15, 0.2) is 5.00 Å². The van der Waals surface area contributed by atoms with Crippen LogP contribution in [0.1, 0.15) is 10.4 Å². The van der Waals surface area contributed by atoms with Crippen LogP contribution in [0.4, 0.5) is 16.4 Å². The molecule has 0 aliphatic rings. The van der Waals surface area contributed by atoms with Crippen molar-refractivity contribution < 1.29 is 9.53 Å². The average molecular weight is 400 g/mol. The Labute approximate surface area is 165 Å². The Morgan fingerprint density at radius 2 is 1.93 bits per heavy atom. The lowest BCUT2D eigenvalue weighted by molar-refractivity contribution is -0.135. The quantitative estimate of drug-likeness (QED) is 0.310. The van der Waals surface area contributed by atoms with Crippen LogP contribution < -0.4 is 4.90 Å². The maximum atomic E-state index is 11.5. The summed E-state index contributed by atoms with van der Waals surface area (Å²) in [7, 11) is 5.04. The Kier molecular flexibility index (Phi) is 6.67. The number of nitriles is 2. The van der Waals surface area contributed by atoms with Crippen molar-refractivity contribution in [2.75, 3.05) is 26.1 Å². The van der Waals surface area contributed by atoms with Gasteiger partial charge >= 0.3 is 5.97 Å². The molecule has 0 fully saturated rings. The molecule has 0 unspecified atom stereocenters. The highest BCUT2D eigenvalue weighted by atomic mass is 35.5. The number of ether oxygens (including phenoxy) is 1. The summed E-state index contributed by atoms with van der Waals surface area (Å²) in [6.07, 6.45) is 1.27. The first-order chi connectivity index (χ1) is 12.9. The second kappa shape index (κ2) is 8.95. The number of nitrogens with zero attached hydrogens (tertiary/aromatic N) is 5. The lowest BCUT2D eigenvalue weighted by Crippen LogP contribution is -2.07. The van der Waals surface area contributed by atoms with Crippen LogP contribution in [0.25, 0.3) is 6.08 Å². The van der Waals surface area contributed by atoms with Gasteiger partial charge in [-0.3, -0.25) is 0 Å². The van der Waals surface area contributed by atoms with Crippen molar-refractivity contribution in [3.8, 4) is 12.1 Å². The van der Waals surface area contributed by atoms with Gasteiger partial charge in [-0.1, -0.05) is 11.6 Å². The number of hydrogen-bond donors (Lipinski definition) is 0. The second-order valence-electron chi connectivity index (χ2n) is 5.34. The van der Waals surface area contributed by atoms with E-state index in [9.17, 15) is 10.1 Å². The van der Waals surface area contributed by atoms with Gasteiger partial charge in [-0.2, -0.15) is 10.5 Å². The maximum Gasteiger partial charge on any atom is 0.348 e. The molecule has 1 heterocycles. The minimum atomic E-state index is -0.787. The normalized spacial score (nSPS) is 11.1. The van der Waals surface area contributed by atoms with Crippen molar-refractivity contribution >= 4 is 51.4 Å². The number of thiophene rings is 1. The highest BCUT2D eigenvalue weighted by molar-refractivity contribution is 7.17. The first-order valence-corrected chi connectivity index (χ1v) is 8.72. The predicted molar refractivity (Wildman–Crippen MR) is 105 cm³/mol. The number of carbonyl (C=O) groups excluding carboxylic acids is 1. The number of methoxy groups -OCH3 is 1. The molecule has 136 valence electrons. The fraction of sp³-hybridized carbons (Fsp3) is 0.167. The SMILES string of the molecule is COC(=O)/C(C#N)=C/c1sc(N=Nc2ccc(N(C)C)cc2)c(C#N)c1Cl. The molecule has 0 spiro atoms. The Morgan fingerprint density at radius 3 is 2.44 bits per heavy atom. The van der Waals surface area contributed by atoms with Crippen molar-refractivity contribution in [1.29, 1.82) is 10.5 Å². The van der Waals surface area contributed by atoms with Gasteiger partial charge in [-0.05, 0) is 30.3 Å². The molecule has 7 nitrogen and oxygen atoms in total. The van der Waals surface area contributed by atoms with E-state index in [0.717, 1.165) is 17.0 Å².